The minimum Gasteiger partial charge on any atom is -0.475 e. The van der Waals surface area contributed by atoms with Gasteiger partial charge in [-0.25, -0.2) is 4.79 Å². The van der Waals surface area contributed by atoms with Crippen LogP contribution in [0.25, 0.3) is 6.08 Å². The van der Waals surface area contributed by atoms with Crippen molar-refractivity contribution in [3.63, 3.8) is 0 Å². The van der Waals surface area contributed by atoms with Crippen molar-refractivity contribution in [1.29, 1.82) is 0 Å². The van der Waals surface area contributed by atoms with Crippen LogP contribution in [0.1, 0.15) is 24.9 Å². The van der Waals surface area contributed by atoms with E-state index in [1.807, 2.05) is 0 Å². The second-order valence-corrected chi connectivity index (χ2v) is 6.52. The van der Waals surface area contributed by atoms with E-state index in [-0.39, 0.29) is 0 Å². The summed E-state index contributed by atoms with van der Waals surface area (Å²) in [6.45, 7) is -8.43. The summed E-state index contributed by atoms with van der Waals surface area (Å²) in [7, 11) is 0. The first-order chi connectivity index (χ1) is 16.7. The normalized spacial score (nSPS) is 19.1. The molecule has 1 atom stereocenters. The fourth-order valence-electron chi connectivity index (χ4n) is 2.34. The van der Waals surface area contributed by atoms with Crippen LogP contribution in [-0.4, -0.2) is 47.7 Å². The smallest absolute Gasteiger partial charge is 0.430 e. The van der Waals surface area contributed by atoms with Crippen LogP contribution in [0.15, 0.2) is 16.1 Å². The van der Waals surface area contributed by atoms with Crippen molar-refractivity contribution < 1.29 is 55.5 Å². The largest absolute Gasteiger partial charge is 0.475 e. The summed E-state index contributed by atoms with van der Waals surface area (Å²) in [4.78, 5) is 41.3. The second-order valence-electron chi connectivity index (χ2n) is 5.73. The lowest BCUT2D eigenvalue weighted by molar-refractivity contribution is -0.768. The molecule has 1 heterocycles. The zero-order valence-electron chi connectivity index (χ0n) is 20.8. The maximum absolute atomic E-state index is 13.8. The molecule has 0 unspecified atom stereocenters. The van der Waals surface area contributed by atoms with Gasteiger partial charge >= 0.3 is 12.1 Å². The molecule has 0 fully saturated rings. The van der Waals surface area contributed by atoms with E-state index in [1.165, 1.54) is 0 Å². The number of alkyl halides is 3. The molecule has 0 amide bonds. The van der Waals surface area contributed by atoms with E-state index in [1.54, 1.807) is 0 Å². The third-order valence-corrected chi connectivity index (χ3v) is 4.46. The molecule has 0 saturated heterocycles. The van der Waals surface area contributed by atoms with Gasteiger partial charge in [0.05, 0.1) is 5.57 Å². The van der Waals surface area contributed by atoms with Crippen LogP contribution in [0.4, 0.5) is 13.2 Å². The molecule has 0 aromatic heterocycles. The number of esters is 1. The van der Waals surface area contributed by atoms with Crippen LogP contribution in [0.2, 0.25) is 0 Å². The Morgan fingerprint density at radius 3 is 2.39 bits per heavy atom. The topological polar surface area (TPSA) is 140 Å². The number of carbonyl (C=O) groups excluding carboxylic acids is 1. The number of fused-ring (bicyclic) bond motifs is 1. The third kappa shape index (κ3) is 5.96. The van der Waals surface area contributed by atoms with Crippen LogP contribution in [-0.2, 0) is 19.2 Å². The Morgan fingerprint density at radius 2 is 1.90 bits per heavy atom. The van der Waals surface area contributed by atoms with Crippen molar-refractivity contribution in [3.05, 3.63) is 53.0 Å². The van der Waals surface area contributed by atoms with E-state index < -0.39 is 93.9 Å². The number of hydrogen-bond donors (Lipinski definition) is 0. The number of hydrogen-bond acceptors (Lipinski definition) is 9. The maximum atomic E-state index is 13.8. The van der Waals surface area contributed by atoms with Crippen molar-refractivity contribution in [2.75, 3.05) is 13.2 Å². The zero-order valence-corrected chi connectivity index (χ0v) is 16.4. The molecule has 15 heteroatoms. The molecule has 2 rings (SSSR count). The molecular weight excluding hydrogens is 501 g/mol. The molecule has 31 heavy (non-hydrogen) atoms. The summed E-state index contributed by atoms with van der Waals surface area (Å²) >= 11 is 2.85. The van der Waals surface area contributed by atoms with Gasteiger partial charge < -0.3 is 19.1 Å². The molecule has 11 nitrogen and oxygen atoms in total. The first-order valence-electron chi connectivity index (χ1n) is 10.8. The van der Waals surface area contributed by atoms with Gasteiger partial charge in [-0.3, -0.25) is 0 Å². The van der Waals surface area contributed by atoms with Crippen LogP contribution >= 0.6 is 15.9 Å². The number of aryl methyl sites for hydroxylation is 1. The van der Waals surface area contributed by atoms with Crippen LogP contribution in [0.5, 0.6) is 5.75 Å². The fraction of sp³-hybridized carbons (Fsp3) is 0.438. The Balaban J connectivity index is 2.66. The lowest BCUT2D eigenvalue weighted by Crippen LogP contribution is -2.42. The highest BCUT2D eigenvalue weighted by molar-refractivity contribution is 9.10. The highest BCUT2D eigenvalue weighted by atomic mass is 79.9. The molecule has 1 aliphatic heterocycles. The SMILES string of the molecule is [2H]C([2H])([2H])c1cc2c(c(C([2H])([2H])[2H])c1Br)C=C(C(=O)OC(CO[N+](=O)[O-])CO[N+](=O)[O-])[C@@H](C(F)(F)F)O2. The highest BCUT2D eigenvalue weighted by Crippen LogP contribution is 2.41. The Hall–Kier alpha value is -3.10. The fourth-order valence-corrected chi connectivity index (χ4v) is 2.67. The number of nitrogens with zero attached hydrogens (tertiary/aromatic N) is 2. The van der Waals surface area contributed by atoms with Gasteiger partial charge in [0.15, 0.2) is 0 Å². The van der Waals surface area contributed by atoms with Crippen molar-refractivity contribution >= 4 is 28.0 Å². The van der Waals surface area contributed by atoms with Crippen LogP contribution in [0, 0.1) is 33.9 Å². The summed E-state index contributed by atoms with van der Waals surface area (Å²) < 4.78 is 96.3. The molecule has 0 saturated carbocycles. The molecule has 0 radical (unpaired) electrons. The van der Waals surface area contributed by atoms with E-state index in [4.69, 9.17) is 13.0 Å². The van der Waals surface area contributed by atoms with Gasteiger partial charge in [0.1, 0.15) is 25.1 Å². The van der Waals surface area contributed by atoms with Crippen molar-refractivity contribution in [1.82, 2.24) is 0 Å². The van der Waals surface area contributed by atoms with E-state index in [2.05, 4.69) is 30.3 Å². The van der Waals surface area contributed by atoms with E-state index in [0.29, 0.717) is 12.1 Å². The third-order valence-electron chi connectivity index (χ3n) is 3.63. The minimum atomic E-state index is -5.33. The van der Waals surface area contributed by atoms with Crippen LogP contribution in [0.3, 0.4) is 0 Å². The van der Waals surface area contributed by atoms with Gasteiger partial charge in [-0.2, -0.15) is 13.2 Å². The highest BCUT2D eigenvalue weighted by Gasteiger charge is 2.49. The summed E-state index contributed by atoms with van der Waals surface area (Å²) in [5.41, 5.74) is -3.41. The zero-order chi connectivity index (χ0) is 28.5. The lowest BCUT2D eigenvalue weighted by Gasteiger charge is -2.30. The predicted octanol–water partition coefficient (Wildman–Crippen LogP) is 3.10. The first-order valence-corrected chi connectivity index (χ1v) is 8.60. The number of halogens is 4. The monoisotopic (exact) mass is 520 g/mol. The van der Waals surface area contributed by atoms with Crippen molar-refractivity contribution in [3.8, 4) is 5.75 Å². The van der Waals surface area contributed by atoms with E-state index in [0.717, 1.165) is 0 Å². The summed E-state index contributed by atoms with van der Waals surface area (Å²) in [5, 5.41) is 18.1. The Bertz CT molecular complexity index is 1110. The minimum absolute atomic E-state index is 0.453. The standard InChI is InChI=1S/C16H14BrF3N2O9/c1-7-3-12-10(8(2)13(7)17)4-11(14(31-12)16(18,19)20)15(23)30-9(5-28-21(24)25)6-29-22(26)27/h3-4,9,14H,5-6H2,1-2H3/t14-/m0/s1/i1D3,2D3. The lowest BCUT2D eigenvalue weighted by atomic mass is 9.96. The molecule has 0 aliphatic carbocycles. The Morgan fingerprint density at radius 1 is 1.29 bits per heavy atom. The number of carbonyl (C=O) groups is 1. The predicted molar refractivity (Wildman–Crippen MR) is 97.8 cm³/mol. The van der Waals surface area contributed by atoms with Crippen molar-refractivity contribution in [2.45, 2.75) is 32.1 Å². The van der Waals surface area contributed by atoms with Gasteiger partial charge in [-0.05, 0) is 37.0 Å². The number of benzene rings is 1. The van der Waals surface area contributed by atoms with Gasteiger partial charge in [0.25, 0.3) is 10.2 Å². The van der Waals surface area contributed by atoms with E-state index >= 15 is 0 Å². The summed E-state index contributed by atoms with van der Waals surface area (Å²) in [5.74, 6) is -2.67. The van der Waals surface area contributed by atoms with Gasteiger partial charge in [0.2, 0.25) is 6.10 Å². The van der Waals surface area contributed by atoms with Gasteiger partial charge in [-0.1, -0.05) is 15.9 Å². The molecule has 1 aromatic rings. The van der Waals surface area contributed by atoms with E-state index in [9.17, 15) is 38.2 Å². The summed E-state index contributed by atoms with van der Waals surface area (Å²) in [6, 6.07) is 0.664. The first kappa shape index (κ1) is 16.6. The number of rotatable bonds is 8. The molecule has 0 spiro atoms. The number of ether oxygens (including phenoxy) is 2. The average Bonchev–Trinajstić information content (AvgIpc) is 2.71. The Kier molecular flexibility index (Phi) is 5.01. The molecule has 0 N–H and O–H groups in total. The quantitative estimate of drug-likeness (QED) is 0.287. The van der Waals surface area contributed by atoms with Gasteiger partial charge in [-0.15, -0.1) is 20.2 Å². The Labute approximate surface area is 188 Å². The molecule has 0 bridgehead atoms. The molecule has 1 aromatic carbocycles. The van der Waals surface area contributed by atoms with Crippen molar-refractivity contribution in [2.24, 2.45) is 0 Å². The molecule has 1 aliphatic rings. The summed E-state index contributed by atoms with van der Waals surface area (Å²) in [6.07, 6.45) is -9.93. The molecular formula is C16H14BrF3N2O9. The van der Waals surface area contributed by atoms with Gasteiger partial charge in [0, 0.05) is 18.3 Å². The maximum Gasteiger partial charge on any atom is 0.430 e. The van der Waals surface area contributed by atoms with Crippen LogP contribution < -0.4 is 4.74 Å². The molecule has 170 valence electrons. The average molecular weight is 521 g/mol. The second kappa shape index (κ2) is 9.36.